The van der Waals surface area contributed by atoms with E-state index in [-0.39, 0.29) is 17.3 Å². The molecule has 3 heteroatoms. The van der Waals surface area contributed by atoms with E-state index in [4.69, 9.17) is 4.74 Å². The average molecular weight is 387 g/mol. The summed E-state index contributed by atoms with van der Waals surface area (Å²) in [6.07, 6.45) is 14.0. The van der Waals surface area contributed by atoms with E-state index in [2.05, 4.69) is 52.0 Å². The lowest BCUT2D eigenvalue weighted by Gasteiger charge is -2.43. The number of rotatable bonds is 3. The summed E-state index contributed by atoms with van der Waals surface area (Å²) < 4.78 is 5.84. The van der Waals surface area contributed by atoms with Gasteiger partial charge in [-0.1, -0.05) is 43.7 Å². The van der Waals surface area contributed by atoms with E-state index in [0.717, 1.165) is 12.8 Å². The largest absolute Gasteiger partial charge is 0.390 e. The number of hydrogen-bond donors (Lipinski definition) is 2. The second-order valence-electron chi connectivity index (χ2n) is 10.9. The van der Waals surface area contributed by atoms with Gasteiger partial charge >= 0.3 is 0 Å². The molecule has 28 heavy (non-hydrogen) atoms. The first kappa shape index (κ1) is 20.4. The fourth-order valence-electron chi connectivity index (χ4n) is 7.03. The third-order valence-corrected chi connectivity index (χ3v) is 8.49. The quantitative estimate of drug-likeness (QED) is 0.530. The first-order valence-corrected chi connectivity index (χ1v) is 11.2. The standard InChI is InChI=1S/C25H38O3/c1-16(2)7-6-8-17(3)19-11-12-23(4)13-21-22-18(9-10-20(19)23)14-28-25(22,27)15-24(21,5)26/h6-9,17,19-22,26-27H,10-15H2,1-5H3/b8-6-,18-9-. The number of allylic oxidation sites excluding steroid dienone is 5. The highest BCUT2D eigenvalue weighted by molar-refractivity contribution is 5.26. The van der Waals surface area contributed by atoms with Gasteiger partial charge in [0.2, 0.25) is 0 Å². The minimum atomic E-state index is -1.17. The highest BCUT2D eigenvalue weighted by atomic mass is 16.6. The minimum Gasteiger partial charge on any atom is -0.390 e. The van der Waals surface area contributed by atoms with Crippen LogP contribution in [0.4, 0.5) is 0 Å². The molecule has 0 radical (unpaired) electrons. The molecule has 8 unspecified atom stereocenters. The molecule has 2 N–H and O–H groups in total. The van der Waals surface area contributed by atoms with Crippen molar-refractivity contribution in [1.29, 1.82) is 0 Å². The number of ether oxygens (including phenoxy) is 1. The Morgan fingerprint density at radius 1 is 1.25 bits per heavy atom. The zero-order valence-corrected chi connectivity index (χ0v) is 18.2. The summed E-state index contributed by atoms with van der Waals surface area (Å²) in [6.45, 7) is 11.5. The van der Waals surface area contributed by atoms with Crippen molar-refractivity contribution in [3.05, 3.63) is 35.5 Å². The van der Waals surface area contributed by atoms with Gasteiger partial charge < -0.3 is 14.9 Å². The molecule has 0 aromatic carbocycles. The van der Waals surface area contributed by atoms with Crippen LogP contribution in [0.25, 0.3) is 0 Å². The Balaban J connectivity index is 1.63. The van der Waals surface area contributed by atoms with E-state index < -0.39 is 11.4 Å². The van der Waals surface area contributed by atoms with E-state index in [1.54, 1.807) is 0 Å². The van der Waals surface area contributed by atoms with Gasteiger partial charge in [0.25, 0.3) is 0 Å². The average Bonchev–Trinajstić information content (AvgIpc) is 3.11. The number of aliphatic hydroxyl groups is 2. The Morgan fingerprint density at radius 2 is 2.00 bits per heavy atom. The second kappa shape index (κ2) is 6.82. The van der Waals surface area contributed by atoms with Gasteiger partial charge in [0, 0.05) is 12.3 Å². The molecule has 0 amide bonds. The van der Waals surface area contributed by atoms with Crippen LogP contribution >= 0.6 is 0 Å². The van der Waals surface area contributed by atoms with Crippen LogP contribution in [0.5, 0.6) is 0 Å². The minimum absolute atomic E-state index is 0.0330. The highest BCUT2D eigenvalue weighted by Gasteiger charge is 2.65. The van der Waals surface area contributed by atoms with Crippen LogP contribution in [-0.4, -0.2) is 28.2 Å². The Labute approximate surface area is 170 Å². The Kier molecular flexibility index (Phi) is 4.96. The van der Waals surface area contributed by atoms with Gasteiger partial charge in [0.1, 0.15) is 0 Å². The molecular formula is C25H38O3. The van der Waals surface area contributed by atoms with Gasteiger partial charge in [-0.15, -0.1) is 0 Å². The summed E-state index contributed by atoms with van der Waals surface area (Å²) in [7, 11) is 0. The molecule has 1 heterocycles. The third kappa shape index (κ3) is 3.24. The molecule has 3 aliphatic carbocycles. The van der Waals surface area contributed by atoms with Crippen molar-refractivity contribution in [3.8, 4) is 0 Å². The first-order valence-electron chi connectivity index (χ1n) is 11.2. The number of hydrogen-bond acceptors (Lipinski definition) is 3. The molecule has 156 valence electrons. The summed E-state index contributed by atoms with van der Waals surface area (Å²) in [5.74, 6) is 0.729. The van der Waals surface area contributed by atoms with Gasteiger partial charge in [-0.2, -0.15) is 0 Å². The van der Waals surface area contributed by atoms with Crippen LogP contribution in [0.15, 0.2) is 35.5 Å². The molecule has 2 saturated carbocycles. The van der Waals surface area contributed by atoms with Gasteiger partial charge in [-0.25, -0.2) is 0 Å². The Morgan fingerprint density at radius 3 is 2.71 bits per heavy atom. The van der Waals surface area contributed by atoms with Crippen LogP contribution in [0.3, 0.4) is 0 Å². The van der Waals surface area contributed by atoms with Crippen LogP contribution in [0, 0.1) is 35.0 Å². The summed E-state index contributed by atoms with van der Waals surface area (Å²) in [5.41, 5.74) is 1.91. The molecule has 1 saturated heterocycles. The van der Waals surface area contributed by atoms with Gasteiger partial charge in [0.15, 0.2) is 5.79 Å². The fraction of sp³-hybridized carbons (Fsp3) is 0.760. The van der Waals surface area contributed by atoms with Crippen molar-refractivity contribution in [2.45, 2.75) is 78.1 Å². The van der Waals surface area contributed by atoms with Crippen LogP contribution in [0.2, 0.25) is 0 Å². The van der Waals surface area contributed by atoms with Crippen molar-refractivity contribution in [2.24, 2.45) is 35.0 Å². The third-order valence-electron chi connectivity index (χ3n) is 8.49. The topological polar surface area (TPSA) is 49.7 Å². The van der Waals surface area contributed by atoms with E-state index in [0.29, 0.717) is 30.8 Å². The molecule has 0 spiro atoms. The maximum absolute atomic E-state index is 11.2. The van der Waals surface area contributed by atoms with E-state index in [9.17, 15) is 10.2 Å². The summed E-state index contributed by atoms with van der Waals surface area (Å²) in [4.78, 5) is 0. The molecule has 4 aliphatic rings. The maximum atomic E-state index is 11.2. The number of fused-ring (bicyclic) bond motifs is 1. The lowest BCUT2D eigenvalue weighted by atomic mass is 9.63. The summed E-state index contributed by atoms with van der Waals surface area (Å²) in [5, 5.41) is 22.2. The van der Waals surface area contributed by atoms with Gasteiger partial charge in [-0.05, 0) is 81.1 Å². The predicted octanol–water partition coefficient (Wildman–Crippen LogP) is 5.00. The van der Waals surface area contributed by atoms with E-state index in [1.807, 2.05) is 6.92 Å². The van der Waals surface area contributed by atoms with Crippen molar-refractivity contribution in [3.63, 3.8) is 0 Å². The van der Waals surface area contributed by atoms with Crippen molar-refractivity contribution >= 4 is 0 Å². The zero-order chi connectivity index (χ0) is 20.3. The normalized spacial score (nSPS) is 50.5. The predicted molar refractivity (Wildman–Crippen MR) is 112 cm³/mol. The molecular weight excluding hydrogens is 348 g/mol. The van der Waals surface area contributed by atoms with Gasteiger partial charge in [-0.3, -0.25) is 0 Å². The smallest absolute Gasteiger partial charge is 0.175 e. The molecule has 1 aliphatic heterocycles. The van der Waals surface area contributed by atoms with Crippen molar-refractivity contribution < 1.29 is 14.9 Å². The molecule has 0 aromatic rings. The molecule has 3 nitrogen and oxygen atoms in total. The lowest BCUT2D eigenvalue weighted by molar-refractivity contribution is -0.191. The first-order chi connectivity index (χ1) is 13.1. The zero-order valence-electron chi connectivity index (χ0n) is 18.2. The molecule has 3 fully saturated rings. The van der Waals surface area contributed by atoms with E-state index >= 15 is 0 Å². The van der Waals surface area contributed by atoms with Crippen molar-refractivity contribution in [2.75, 3.05) is 6.61 Å². The second-order valence-corrected chi connectivity index (χ2v) is 10.9. The molecule has 0 bridgehead atoms. The summed E-state index contributed by atoms with van der Waals surface area (Å²) in [6, 6.07) is 0. The Hall–Kier alpha value is -0.900. The fourth-order valence-corrected chi connectivity index (χ4v) is 7.03. The Bertz CT molecular complexity index is 713. The molecule has 4 rings (SSSR count). The van der Waals surface area contributed by atoms with Crippen LogP contribution in [0.1, 0.15) is 66.7 Å². The highest BCUT2D eigenvalue weighted by Crippen LogP contribution is 2.63. The molecule has 8 atom stereocenters. The summed E-state index contributed by atoms with van der Waals surface area (Å²) >= 11 is 0. The monoisotopic (exact) mass is 386 g/mol. The molecule has 0 aromatic heterocycles. The van der Waals surface area contributed by atoms with E-state index in [1.165, 1.54) is 24.0 Å². The SMILES string of the molecule is CC(C)=C/C=C\C(C)C1CCC2(C)CC3C4/C(=C\CC12)COC4(O)CC3(C)O. The van der Waals surface area contributed by atoms with Crippen LogP contribution in [-0.2, 0) is 4.74 Å². The van der Waals surface area contributed by atoms with Gasteiger partial charge in [0.05, 0.1) is 12.2 Å². The lowest BCUT2D eigenvalue weighted by Crippen LogP contribution is -2.40. The maximum Gasteiger partial charge on any atom is 0.175 e. The van der Waals surface area contributed by atoms with Crippen LogP contribution < -0.4 is 0 Å². The van der Waals surface area contributed by atoms with Crippen molar-refractivity contribution in [1.82, 2.24) is 0 Å².